The van der Waals surface area contributed by atoms with Crippen molar-refractivity contribution in [2.75, 3.05) is 19.8 Å². The van der Waals surface area contributed by atoms with Gasteiger partial charge in [0.05, 0.1) is 25.9 Å². The van der Waals surface area contributed by atoms with Crippen molar-refractivity contribution in [3.8, 4) is 0 Å². The van der Waals surface area contributed by atoms with Gasteiger partial charge in [0, 0.05) is 6.42 Å². The molecule has 0 amide bonds. The summed E-state index contributed by atoms with van der Waals surface area (Å²) in [5.41, 5.74) is 0. The third-order valence-electron chi connectivity index (χ3n) is 2.96. The van der Waals surface area contributed by atoms with E-state index in [-0.39, 0.29) is 12.7 Å². The van der Waals surface area contributed by atoms with Gasteiger partial charge in [-0.15, -0.1) is 0 Å². The monoisotopic (exact) mass is 346 g/mol. The highest BCUT2D eigenvalue weighted by Gasteiger charge is 2.74. The quantitative estimate of drug-likeness (QED) is 0.489. The van der Waals surface area contributed by atoms with Crippen LogP contribution >= 0.6 is 0 Å². The Balaban J connectivity index is 2.49. The average molecular weight is 346 g/mol. The van der Waals surface area contributed by atoms with Crippen LogP contribution in [0.2, 0.25) is 0 Å². The lowest BCUT2D eigenvalue weighted by Crippen LogP contribution is -2.57. The second-order valence-corrected chi connectivity index (χ2v) is 4.89. The van der Waals surface area contributed by atoms with Gasteiger partial charge in [-0.25, -0.2) is 8.78 Å². The molecule has 1 saturated heterocycles. The van der Waals surface area contributed by atoms with Crippen molar-refractivity contribution in [1.29, 1.82) is 0 Å². The summed E-state index contributed by atoms with van der Waals surface area (Å²) in [6, 6.07) is 0. The molecular weight excluding hydrogens is 332 g/mol. The molecule has 1 aliphatic heterocycles. The van der Waals surface area contributed by atoms with Gasteiger partial charge in [0.2, 0.25) is 0 Å². The summed E-state index contributed by atoms with van der Waals surface area (Å²) in [5, 5.41) is 9.24. The molecule has 3 nitrogen and oxygen atoms in total. The lowest BCUT2D eigenvalue weighted by Gasteiger charge is -2.32. The molecule has 2 atom stereocenters. The lowest BCUT2D eigenvalue weighted by atomic mass is 9.99. The first-order chi connectivity index (χ1) is 9.92. The third-order valence-corrected chi connectivity index (χ3v) is 2.96. The number of aliphatic hydroxyl groups excluding tert-OH is 1. The van der Waals surface area contributed by atoms with Crippen LogP contribution in [0.5, 0.6) is 0 Å². The summed E-state index contributed by atoms with van der Waals surface area (Å²) < 4.78 is 110. The number of rotatable bonds is 10. The van der Waals surface area contributed by atoms with Crippen molar-refractivity contribution in [2.24, 2.45) is 0 Å². The zero-order valence-electron chi connectivity index (χ0n) is 11.1. The Morgan fingerprint density at radius 3 is 2.14 bits per heavy atom. The predicted molar refractivity (Wildman–Crippen MR) is 56.6 cm³/mol. The standard InChI is InChI=1S/C11H14F8O3/c12-8(13)10(16,17)11(18,19)9(14,15)2-1-6(20)3-21-4-7-5-22-7/h6-8,20H,1-5H2. The molecule has 1 rings (SSSR count). The Kier molecular flexibility index (Phi) is 6.01. The van der Waals surface area contributed by atoms with Gasteiger partial charge < -0.3 is 14.6 Å². The number of halogens is 8. The molecule has 0 saturated carbocycles. The van der Waals surface area contributed by atoms with E-state index in [9.17, 15) is 40.2 Å². The first kappa shape index (κ1) is 19.4. The van der Waals surface area contributed by atoms with Gasteiger partial charge in [0.1, 0.15) is 6.10 Å². The molecule has 132 valence electrons. The number of hydrogen-bond donors (Lipinski definition) is 1. The van der Waals surface area contributed by atoms with E-state index < -0.39 is 49.7 Å². The Hall–Kier alpha value is -0.680. The van der Waals surface area contributed by atoms with Crippen molar-refractivity contribution in [3.63, 3.8) is 0 Å². The van der Waals surface area contributed by atoms with E-state index in [0.717, 1.165) is 0 Å². The molecule has 1 fully saturated rings. The van der Waals surface area contributed by atoms with Crippen molar-refractivity contribution < 1.29 is 49.7 Å². The molecule has 0 aliphatic carbocycles. The number of ether oxygens (including phenoxy) is 2. The van der Waals surface area contributed by atoms with Crippen molar-refractivity contribution in [2.45, 2.75) is 49.2 Å². The Morgan fingerprint density at radius 1 is 1.14 bits per heavy atom. The minimum atomic E-state index is -6.24. The summed E-state index contributed by atoms with van der Waals surface area (Å²) >= 11 is 0. The highest BCUT2D eigenvalue weighted by molar-refractivity contribution is 4.97. The zero-order valence-corrected chi connectivity index (χ0v) is 11.1. The van der Waals surface area contributed by atoms with E-state index in [4.69, 9.17) is 9.47 Å². The van der Waals surface area contributed by atoms with Crippen LogP contribution in [-0.4, -0.2) is 61.3 Å². The van der Waals surface area contributed by atoms with Gasteiger partial charge >= 0.3 is 24.2 Å². The maximum Gasteiger partial charge on any atom is 0.377 e. The van der Waals surface area contributed by atoms with Crippen LogP contribution in [0.3, 0.4) is 0 Å². The minimum Gasteiger partial charge on any atom is -0.391 e. The Morgan fingerprint density at radius 2 is 1.68 bits per heavy atom. The first-order valence-electron chi connectivity index (χ1n) is 6.21. The van der Waals surface area contributed by atoms with Gasteiger partial charge in [0.25, 0.3) is 0 Å². The van der Waals surface area contributed by atoms with E-state index in [0.29, 0.717) is 6.61 Å². The number of aliphatic hydroxyl groups is 1. The molecular formula is C11H14F8O3. The highest BCUT2D eigenvalue weighted by atomic mass is 19.4. The fourth-order valence-electron chi connectivity index (χ4n) is 1.47. The van der Waals surface area contributed by atoms with Gasteiger partial charge in [-0.05, 0) is 6.42 Å². The third kappa shape index (κ3) is 4.42. The molecule has 1 N–H and O–H groups in total. The van der Waals surface area contributed by atoms with E-state index in [1.54, 1.807) is 0 Å². The van der Waals surface area contributed by atoms with Gasteiger partial charge in [-0.3, -0.25) is 0 Å². The smallest absolute Gasteiger partial charge is 0.377 e. The van der Waals surface area contributed by atoms with E-state index in [2.05, 4.69) is 0 Å². The minimum absolute atomic E-state index is 0.0626. The molecule has 0 aromatic carbocycles. The van der Waals surface area contributed by atoms with Crippen LogP contribution in [0, 0.1) is 0 Å². The van der Waals surface area contributed by atoms with Crippen LogP contribution in [0.1, 0.15) is 12.8 Å². The predicted octanol–water partition coefficient (Wildman–Crippen LogP) is 2.71. The molecule has 22 heavy (non-hydrogen) atoms. The second-order valence-electron chi connectivity index (χ2n) is 4.89. The first-order valence-corrected chi connectivity index (χ1v) is 6.21. The summed E-state index contributed by atoms with van der Waals surface area (Å²) in [6.45, 7) is 0.00289. The summed E-state index contributed by atoms with van der Waals surface area (Å²) in [6.07, 6.45) is -9.66. The summed E-state index contributed by atoms with van der Waals surface area (Å²) in [4.78, 5) is 0. The highest BCUT2D eigenvalue weighted by Crippen LogP contribution is 2.50. The maximum absolute atomic E-state index is 13.1. The number of alkyl halides is 8. The maximum atomic E-state index is 13.1. The zero-order chi connectivity index (χ0) is 17.2. The van der Waals surface area contributed by atoms with Crippen molar-refractivity contribution >= 4 is 0 Å². The second kappa shape index (κ2) is 6.83. The fourth-order valence-corrected chi connectivity index (χ4v) is 1.47. The number of hydrogen-bond acceptors (Lipinski definition) is 3. The molecule has 1 heterocycles. The van der Waals surface area contributed by atoms with E-state index in [1.165, 1.54) is 0 Å². The normalized spacial score (nSPS) is 21.3. The summed E-state index contributed by atoms with van der Waals surface area (Å²) in [7, 11) is 0. The molecule has 0 aromatic rings. The molecule has 0 spiro atoms. The lowest BCUT2D eigenvalue weighted by molar-refractivity contribution is -0.340. The number of epoxide rings is 1. The average Bonchev–Trinajstić information content (AvgIpc) is 3.20. The van der Waals surface area contributed by atoms with Crippen LogP contribution in [0.15, 0.2) is 0 Å². The van der Waals surface area contributed by atoms with Gasteiger partial charge in [-0.2, -0.15) is 26.3 Å². The molecule has 2 unspecified atom stereocenters. The van der Waals surface area contributed by atoms with Gasteiger partial charge in [-0.1, -0.05) is 0 Å². The SMILES string of the molecule is OC(CCC(F)(F)C(F)(F)C(F)(F)C(F)F)COCC1CO1. The summed E-state index contributed by atoms with van der Waals surface area (Å²) in [5.74, 6) is -17.8. The van der Waals surface area contributed by atoms with Crippen molar-refractivity contribution in [1.82, 2.24) is 0 Å². The van der Waals surface area contributed by atoms with Gasteiger partial charge in [0.15, 0.2) is 0 Å². The van der Waals surface area contributed by atoms with Crippen LogP contribution in [0.25, 0.3) is 0 Å². The largest absolute Gasteiger partial charge is 0.391 e. The molecule has 0 aromatic heterocycles. The molecule has 0 radical (unpaired) electrons. The Labute approximate surface area is 120 Å². The topological polar surface area (TPSA) is 42.0 Å². The van der Waals surface area contributed by atoms with E-state index >= 15 is 0 Å². The van der Waals surface area contributed by atoms with Crippen LogP contribution in [-0.2, 0) is 9.47 Å². The van der Waals surface area contributed by atoms with E-state index in [1.807, 2.05) is 0 Å². The molecule has 0 bridgehead atoms. The Bertz CT molecular complexity index is 359. The van der Waals surface area contributed by atoms with Crippen LogP contribution in [0.4, 0.5) is 35.1 Å². The molecule has 1 aliphatic rings. The van der Waals surface area contributed by atoms with Crippen LogP contribution < -0.4 is 0 Å². The molecule has 11 heteroatoms. The fraction of sp³-hybridized carbons (Fsp3) is 1.00. The van der Waals surface area contributed by atoms with Crippen molar-refractivity contribution in [3.05, 3.63) is 0 Å².